The Morgan fingerprint density at radius 2 is 1.71 bits per heavy atom. The first kappa shape index (κ1) is 31.5. The van der Waals surface area contributed by atoms with Gasteiger partial charge in [-0.15, -0.1) is 13.2 Å². The Morgan fingerprint density at radius 3 is 2.40 bits per heavy atom. The number of alkyl halides is 3. The number of hydrogen-bond acceptors (Lipinski definition) is 9. The zero-order valence-electron chi connectivity index (χ0n) is 24.3. The average molecular weight is 640 g/mol. The van der Waals surface area contributed by atoms with Crippen molar-refractivity contribution in [3.8, 4) is 5.75 Å². The van der Waals surface area contributed by atoms with E-state index in [2.05, 4.69) is 15.4 Å². The lowest BCUT2D eigenvalue weighted by Gasteiger charge is -2.42. The highest BCUT2D eigenvalue weighted by Crippen LogP contribution is 2.33. The summed E-state index contributed by atoms with van der Waals surface area (Å²) in [4.78, 5) is 58.5. The van der Waals surface area contributed by atoms with E-state index >= 15 is 0 Å². The largest absolute Gasteiger partial charge is 0.573 e. The van der Waals surface area contributed by atoms with Crippen LogP contribution in [0.25, 0.3) is 0 Å². The van der Waals surface area contributed by atoms with Gasteiger partial charge in [0.25, 0.3) is 0 Å². The lowest BCUT2D eigenvalue weighted by atomic mass is 10.0. The van der Waals surface area contributed by atoms with Crippen molar-refractivity contribution in [2.75, 3.05) is 32.7 Å². The van der Waals surface area contributed by atoms with Crippen LogP contribution >= 0.6 is 0 Å². The van der Waals surface area contributed by atoms with Gasteiger partial charge < -0.3 is 40.1 Å². The summed E-state index contributed by atoms with van der Waals surface area (Å²) in [5.74, 6) is -1.95. The molecule has 1 aliphatic carbocycles. The predicted octanol–water partition coefficient (Wildman–Crippen LogP) is -0.897. The van der Waals surface area contributed by atoms with Gasteiger partial charge in [0.05, 0.1) is 25.1 Å². The Kier molecular flexibility index (Phi) is 8.67. The fraction of sp³-hybridized carbons (Fsp3) is 0.655. The molecule has 4 heterocycles. The van der Waals surface area contributed by atoms with E-state index < -0.39 is 60.7 Å². The van der Waals surface area contributed by atoms with Gasteiger partial charge >= 0.3 is 6.36 Å². The van der Waals surface area contributed by atoms with E-state index in [1.807, 2.05) is 4.90 Å². The molecule has 4 saturated heterocycles. The summed E-state index contributed by atoms with van der Waals surface area (Å²) in [5.41, 5.74) is 0.611. The number of likely N-dealkylation sites (tertiary alicyclic amines) is 1. The van der Waals surface area contributed by atoms with Crippen molar-refractivity contribution >= 4 is 23.6 Å². The number of halogens is 3. The molecule has 6 bridgehead atoms. The topological polar surface area (TPSA) is 161 Å². The standard InChI is InChI=1S/C29H36F3N5O8/c30-29(31,32)45-18-5-1-15(2-6-18)12-36-13-17-9-19(36)28(43)35-7-8-37(27(42)16-3-4-16)20(14-35)26(41)33-11-22-25(40)24(39)21(44-22)10-23(38)34-17/h1-2,5-6,16-17,19-22,24-25,39-40H,3-4,7-14H2,(H,33,41)(H,34,38)/t17-,19-,20-,21-,22+,24-,25+/m0/s1. The molecular formula is C29H36F3N5O8. The molecule has 0 radical (unpaired) electrons. The van der Waals surface area contributed by atoms with Crippen molar-refractivity contribution in [1.29, 1.82) is 0 Å². The van der Waals surface area contributed by atoms with Gasteiger partial charge in [0.2, 0.25) is 23.6 Å². The highest BCUT2D eigenvalue weighted by molar-refractivity contribution is 5.91. The van der Waals surface area contributed by atoms with Crippen LogP contribution in [0.2, 0.25) is 0 Å². The molecule has 0 unspecified atom stereocenters. The summed E-state index contributed by atoms with van der Waals surface area (Å²) in [5, 5.41) is 26.7. The molecular weight excluding hydrogens is 603 g/mol. The minimum Gasteiger partial charge on any atom is -0.406 e. The molecule has 4 amide bonds. The number of ether oxygens (including phenoxy) is 2. The number of fused-ring (bicyclic) bond motifs is 6. The maximum Gasteiger partial charge on any atom is 0.573 e. The van der Waals surface area contributed by atoms with E-state index in [9.17, 15) is 42.6 Å². The van der Waals surface area contributed by atoms with E-state index in [-0.39, 0.29) is 75.6 Å². The molecule has 16 heteroatoms. The van der Waals surface area contributed by atoms with Crippen LogP contribution in [-0.4, -0.2) is 130 Å². The first-order chi connectivity index (χ1) is 21.4. The van der Waals surface area contributed by atoms with Crippen LogP contribution < -0.4 is 15.4 Å². The normalized spacial score (nSPS) is 33.2. The summed E-state index contributed by atoms with van der Waals surface area (Å²) in [7, 11) is 0. The van der Waals surface area contributed by atoms with E-state index in [0.29, 0.717) is 5.56 Å². The van der Waals surface area contributed by atoms with Crippen LogP contribution in [0.5, 0.6) is 5.75 Å². The zero-order valence-corrected chi connectivity index (χ0v) is 24.3. The molecule has 246 valence electrons. The van der Waals surface area contributed by atoms with Crippen molar-refractivity contribution in [3.63, 3.8) is 0 Å². The highest BCUT2D eigenvalue weighted by atomic mass is 19.4. The monoisotopic (exact) mass is 639 g/mol. The summed E-state index contributed by atoms with van der Waals surface area (Å²) in [6, 6.07) is 3.11. The van der Waals surface area contributed by atoms with Crippen LogP contribution in [0.15, 0.2) is 24.3 Å². The smallest absolute Gasteiger partial charge is 0.406 e. The number of carbonyl (C=O) groups excluding carboxylic acids is 4. The summed E-state index contributed by atoms with van der Waals surface area (Å²) in [6.07, 6.45) is -8.14. The van der Waals surface area contributed by atoms with E-state index in [4.69, 9.17) is 4.74 Å². The molecule has 7 atom stereocenters. The summed E-state index contributed by atoms with van der Waals surface area (Å²) >= 11 is 0. The predicted molar refractivity (Wildman–Crippen MR) is 147 cm³/mol. The third-order valence-corrected chi connectivity index (χ3v) is 9.13. The second-order valence-electron chi connectivity index (χ2n) is 12.4. The molecule has 4 N–H and O–H groups in total. The Morgan fingerprint density at radius 1 is 1.00 bits per heavy atom. The van der Waals surface area contributed by atoms with E-state index in [1.54, 1.807) is 0 Å². The number of nitrogens with zero attached hydrogens (tertiary/aromatic N) is 3. The molecule has 0 aromatic heterocycles. The number of aliphatic hydroxyl groups excluding tert-OH is 2. The van der Waals surface area contributed by atoms with Crippen molar-refractivity contribution < 1.29 is 52.0 Å². The number of amides is 4. The molecule has 1 aromatic carbocycles. The highest BCUT2D eigenvalue weighted by Gasteiger charge is 2.48. The Hall–Kier alpha value is -3.47. The molecule has 1 saturated carbocycles. The number of nitrogens with one attached hydrogen (secondary N) is 2. The Bertz CT molecular complexity index is 1310. The van der Waals surface area contributed by atoms with Gasteiger partial charge in [-0.05, 0) is 37.0 Å². The van der Waals surface area contributed by atoms with Gasteiger partial charge in [0.1, 0.15) is 30.1 Å². The number of hydrogen-bond donors (Lipinski definition) is 4. The lowest BCUT2D eigenvalue weighted by molar-refractivity contribution is -0.274. The van der Waals surface area contributed by atoms with Gasteiger partial charge in [-0.1, -0.05) is 12.1 Å². The van der Waals surface area contributed by atoms with Crippen molar-refractivity contribution in [2.45, 2.75) is 81.1 Å². The molecule has 5 aliphatic rings. The van der Waals surface area contributed by atoms with Gasteiger partial charge in [-0.2, -0.15) is 0 Å². The first-order valence-electron chi connectivity index (χ1n) is 15.1. The fourth-order valence-corrected chi connectivity index (χ4v) is 6.67. The van der Waals surface area contributed by atoms with Crippen LogP contribution in [0.3, 0.4) is 0 Å². The minimum atomic E-state index is -4.83. The zero-order chi connectivity index (χ0) is 32.0. The third kappa shape index (κ3) is 7.03. The van der Waals surface area contributed by atoms with Gasteiger partial charge in [-0.25, -0.2) is 0 Å². The Balaban J connectivity index is 1.25. The van der Waals surface area contributed by atoms with Gasteiger partial charge in [0, 0.05) is 44.7 Å². The number of aliphatic hydroxyl groups is 2. The summed E-state index contributed by atoms with van der Waals surface area (Å²) < 4.78 is 47.6. The quantitative estimate of drug-likeness (QED) is 0.328. The van der Waals surface area contributed by atoms with Crippen molar-refractivity contribution in [3.05, 3.63) is 29.8 Å². The van der Waals surface area contributed by atoms with E-state index in [1.165, 1.54) is 34.1 Å². The first-order valence-corrected chi connectivity index (χ1v) is 15.1. The van der Waals surface area contributed by atoms with Crippen molar-refractivity contribution in [2.24, 2.45) is 5.92 Å². The second-order valence-corrected chi connectivity index (χ2v) is 12.4. The third-order valence-electron chi connectivity index (χ3n) is 9.13. The van der Waals surface area contributed by atoms with Crippen LogP contribution in [0, 0.1) is 5.92 Å². The van der Waals surface area contributed by atoms with Gasteiger partial charge in [0.15, 0.2) is 0 Å². The van der Waals surface area contributed by atoms with Crippen LogP contribution in [0.4, 0.5) is 13.2 Å². The number of benzene rings is 1. The minimum absolute atomic E-state index is 0.0622. The van der Waals surface area contributed by atoms with Crippen LogP contribution in [0.1, 0.15) is 31.2 Å². The van der Waals surface area contributed by atoms with Gasteiger partial charge in [-0.3, -0.25) is 24.1 Å². The SMILES string of the molecule is O=C1C[C@@H]2O[C@H](CNC(=O)[C@@H]3CN(CCN3C(=O)C3CC3)C(=O)[C@@H]3C[C@@H](CN3Cc3ccc(OC(F)(F)F)cc3)N1)[C@@H](O)[C@H]2O. The maximum atomic E-state index is 14.0. The van der Waals surface area contributed by atoms with Crippen molar-refractivity contribution in [1.82, 2.24) is 25.3 Å². The maximum absolute atomic E-state index is 14.0. The molecule has 45 heavy (non-hydrogen) atoms. The molecule has 4 aliphatic heterocycles. The number of carbonyl (C=O) groups is 4. The molecule has 5 fully saturated rings. The lowest BCUT2D eigenvalue weighted by Crippen LogP contribution is -2.63. The second kappa shape index (κ2) is 12.4. The summed E-state index contributed by atoms with van der Waals surface area (Å²) in [6.45, 7) is 0.536. The number of piperazine rings is 1. The fourth-order valence-electron chi connectivity index (χ4n) is 6.67. The molecule has 0 spiro atoms. The molecule has 13 nitrogen and oxygen atoms in total. The molecule has 6 rings (SSSR count). The number of rotatable bonds is 4. The molecule has 1 aromatic rings. The van der Waals surface area contributed by atoms with E-state index in [0.717, 1.165) is 12.8 Å². The van der Waals surface area contributed by atoms with Crippen LogP contribution in [-0.2, 0) is 30.5 Å². The average Bonchev–Trinajstić information content (AvgIpc) is 3.72. The Labute approximate surface area is 256 Å².